The number of nitrogens with one attached hydrogen (secondary N) is 1. The third-order valence-electron chi connectivity index (χ3n) is 2.58. The second-order valence-corrected chi connectivity index (χ2v) is 4.70. The molecule has 1 rings (SSSR count). The van der Waals surface area contributed by atoms with Gasteiger partial charge < -0.3 is 5.32 Å². The quantitative estimate of drug-likeness (QED) is 0.701. The topological polar surface area (TPSA) is 12.0 Å². The molecule has 1 aromatic rings. The van der Waals surface area contributed by atoms with Crippen LogP contribution in [0.3, 0.4) is 0 Å². The SMILES string of the molecule is Cc1ccc(CNCCCC(C)C)cc1. The highest BCUT2D eigenvalue weighted by Crippen LogP contribution is 2.04. The first kappa shape index (κ1) is 12.3. The number of aryl methyl sites for hydroxylation is 1. The Balaban J connectivity index is 2.12. The molecule has 1 N–H and O–H groups in total. The molecule has 0 amide bonds. The zero-order valence-electron chi connectivity index (χ0n) is 10.2. The smallest absolute Gasteiger partial charge is 0.0205 e. The van der Waals surface area contributed by atoms with Gasteiger partial charge in [0.25, 0.3) is 0 Å². The van der Waals surface area contributed by atoms with Crippen LogP contribution in [0.4, 0.5) is 0 Å². The van der Waals surface area contributed by atoms with E-state index in [1.165, 1.54) is 24.0 Å². The van der Waals surface area contributed by atoms with Crippen LogP contribution < -0.4 is 5.32 Å². The van der Waals surface area contributed by atoms with Crippen molar-refractivity contribution in [3.63, 3.8) is 0 Å². The van der Waals surface area contributed by atoms with Gasteiger partial charge in [-0.15, -0.1) is 0 Å². The summed E-state index contributed by atoms with van der Waals surface area (Å²) in [5, 5.41) is 3.48. The normalized spacial score (nSPS) is 10.9. The van der Waals surface area contributed by atoms with Crippen LogP contribution in [0.2, 0.25) is 0 Å². The van der Waals surface area contributed by atoms with Gasteiger partial charge in [-0.25, -0.2) is 0 Å². The third kappa shape index (κ3) is 5.58. The van der Waals surface area contributed by atoms with E-state index in [1.807, 2.05) is 0 Å². The summed E-state index contributed by atoms with van der Waals surface area (Å²) in [6, 6.07) is 8.74. The molecule has 0 saturated heterocycles. The number of hydrogen-bond acceptors (Lipinski definition) is 1. The Labute approximate surface area is 93.9 Å². The molecule has 0 aliphatic carbocycles. The van der Waals surface area contributed by atoms with Gasteiger partial charge in [-0.2, -0.15) is 0 Å². The molecular weight excluding hydrogens is 182 g/mol. The second-order valence-electron chi connectivity index (χ2n) is 4.70. The molecule has 0 bridgehead atoms. The molecule has 84 valence electrons. The predicted molar refractivity (Wildman–Crippen MR) is 67.0 cm³/mol. The van der Waals surface area contributed by atoms with E-state index >= 15 is 0 Å². The molecule has 0 aromatic heterocycles. The maximum absolute atomic E-state index is 3.48. The lowest BCUT2D eigenvalue weighted by molar-refractivity contribution is 0.527. The monoisotopic (exact) mass is 205 g/mol. The Morgan fingerprint density at radius 3 is 2.40 bits per heavy atom. The van der Waals surface area contributed by atoms with Crippen molar-refractivity contribution in [3.05, 3.63) is 35.4 Å². The third-order valence-corrected chi connectivity index (χ3v) is 2.58. The van der Waals surface area contributed by atoms with Crippen molar-refractivity contribution in [1.29, 1.82) is 0 Å². The highest BCUT2D eigenvalue weighted by molar-refractivity contribution is 5.20. The molecule has 0 aliphatic rings. The fraction of sp³-hybridized carbons (Fsp3) is 0.571. The van der Waals surface area contributed by atoms with Gasteiger partial charge >= 0.3 is 0 Å². The van der Waals surface area contributed by atoms with Gasteiger partial charge in [0.1, 0.15) is 0 Å². The summed E-state index contributed by atoms with van der Waals surface area (Å²) in [4.78, 5) is 0. The van der Waals surface area contributed by atoms with E-state index in [1.54, 1.807) is 0 Å². The molecule has 0 saturated carbocycles. The van der Waals surface area contributed by atoms with Crippen LogP contribution in [0.5, 0.6) is 0 Å². The molecule has 0 unspecified atom stereocenters. The van der Waals surface area contributed by atoms with Crippen molar-refractivity contribution in [2.45, 2.75) is 40.2 Å². The lowest BCUT2D eigenvalue weighted by Crippen LogP contribution is -2.15. The van der Waals surface area contributed by atoms with Gasteiger partial charge in [0.2, 0.25) is 0 Å². The van der Waals surface area contributed by atoms with Crippen LogP contribution >= 0.6 is 0 Å². The molecule has 0 heterocycles. The average molecular weight is 205 g/mol. The molecule has 0 atom stereocenters. The molecule has 0 spiro atoms. The fourth-order valence-electron chi connectivity index (χ4n) is 1.57. The van der Waals surface area contributed by atoms with Crippen LogP contribution in [0.25, 0.3) is 0 Å². The standard InChI is InChI=1S/C14H23N/c1-12(2)5-4-10-15-11-14-8-6-13(3)7-9-14/h6-9,12,15H,4-5,10-11H2,1-3H3. The Morgan fingerprint density at radius 2 is 1.80 bits per heavy atom. The summed E-state index contributed by atoms with van der Waals surface area (Å²) in [5.41, 5.74) is 2.71. The van der Waals surface area contributed by atoms with Crippen LogP contribution in [0.15, 0.2) is 24.3 Å². The van der Waals surface area contributed by atoms with Crippen LogP contribution in [-0.4, -0.2) is 6.54 Å². The molecule has 0 radical (unpaired) electrons. The van der Waals surface area contributed by atoms with E-state index in [0.717, 1.165) is 19.0 Å². The van der Waals surface area contributed by atoms with Crippen LogP contribution in [-0.2, 0) is 6.54 Å². The van der Waals surface area contributed by atoms with Crippen molar-refractivity contribution in [1.82, 2.24) is 5.32 Å². The summed E-state index contributed by atoms with van der Waals surface area (Å²) in [6.45, 7) is 8.81. The van der Waals surface area contributed by atoms with E-state index in [9.17, 15) is 0 Å². The molecule has 0 aliphatic heterocycles. The molecule has 1 nitrogen and oxygen atoms in total. The first-order valence-electron chi connectivity index (χ1n) is 5.94. The minimum atomic E-state index is 0.825. The van der Waals surface area contributed by atoms with Crippen molar-refractivity contribution >= 4 is 0 Å². The van der Waals surface area contributed by atoms with Crippen LogP contribution in [0.1, 0.15) is 37.8 Å². The van der Waals surface area contributed by atoms with E-state index in [0.29, 0.717) is 0 Å². The molecule has 1 heteroatoms. The summed E-state index contributed by atoms with van der Waals surface area (Å²) >= 11 is 0. The maximum atomic E-state index is 3.48. The van der Waals surface area contributed by atoms with E-state index < -0.39 is 0 Å². The summed E-state index contributed by atoms with van der Waals surface area (Å²) < 4.78 is 0. The van der Waals surface area contributed by atoms with Crippen molar-refractivity contribution < 1.29 is 0 Å². The number of benzene rings is 1. The van der Waals surface area contributed by atoms with E-state index in [4.69, 9.17) is 0 Å². The molecule has 1 aromatic carbocycles. The van der Waals surface area contributed by atoms with Gasteiger partial charge in [-0.05, 0) is 37.8 Å². The van der Waals surface area contributed by atoms with Gasteiger partial charge in [-0.1, -0.05) is 43.7 Å². The van der Waals surface area contributed by atoms with Crippen molar-refractivity contribution in [3.8, 4) is 0 Å². The summed E-state index contributed by atoms with van der Waals surface area (Å²) in [5.74, 6) is 0.825. The predicted octanol–water partition coefficient (Wildman–Crippen LogP) is 3.52. The average Bonchev–Trinajstić information content (AvgIpc) is 2.20. The highest BCUT2D eigenvalue weighted by Gasteiger charge is 1.94. The molecule has 15 heavy (non-hydrogen) atoms. The first-order valence-corrected chi connectivity index (χ1v) is 5.94. The largest absolute Gasteiger partial charge is 0.313 e. The minimum absolute atomic E-state index is 0.825. The summed E-state index contributed by atoms with van der Waals surface area (Å²) in [6.07, 6.45) is 2.60. The Morgan fingerprint density at radius 1 is 1.13 bits per heavy atom. The molecular formula is C14H23N. The lowest BCUT2D eigenvalue weighted by Gasteiger charge is -2.06. The van der Waals surface area contributed by atoms with E-state index in [2.05, 4.69) is 50.4 Å². The van der Waals surface area contributed by atoms with Gasteiger partial charge in [-0.3, -0.25) is 0 Å². The number of hydrogen-bond donors (Lipinski definition) is 1. The van der Waals surface area contributed by atoms with Gasteiger partial charge in [0, 0.05) is 6.54 Å². The van der Waals surface area contributed by atoms with Crippen molar-refractivity contribution in [2.24, 2.45) is 5.92 Å². The van der Waals surface area contributed by atoms with Crippen molar-refractivity contribution in [2.75, 3.05) is 6.54 Å². The zero-order chi connectivity index (χ0) is 11.1. The van der Waals surface area contributed by atoms with E-state index in [-0.39, 0.29) is 0 Å². The highest BCUT2D eigenvalue weighted by atomic mass is 14.8. The van der Waals surface area contributed by atoms with Crippen LogP contribution in [0, 0.1) is 12.8 Å². The van der Waals surface area contributed by atoms with Gasteiger partial charge in [0.05, 0.1) is 0 Å². The summed E-state index contributed by atoms with van der Waals surface area (Å²) in [7, 11) is 0. The Kier molecular flexibility index (Phi) is 5.41. The Bertz CT molecular complexity index is 261. The molecule has 0 fully saturated rings. The zero-order valence-corrected chi connectivity index (χ0v) is 10.2. The number of rotatable bonds is 6. The maximum Gasteiger partial charge on any atom is 0.0205 e. The Hall–Kier alpha value is -0.820. The minimum Gasteiger partial charge on any atom is -0.313 e. The lowest BCUT2D eigenvalue weighted by atomic mass is 10.1. The first-order chi connectivity index (χ1) is 7.18. The van der Waals surface area contributed by atoms with Gasteiger partial charge in [0.15, 0.2) is 0 Å². The fourth-order valence-corrected chi connectivity index (χ4v) is 1.57. The second kappa shape index (κ2) is 6.62.